The normalized spacial score (nSPS) is 21.0. The van der Waals surface area contributed by atoms with Crippen molar-refractivity contribution in [2.75, 3.05) is 43.1 Å². The van der Waals surface area contributed by atoms with Gasteiger partial charge in [0.15, 0.2) is 0 Å². The number of benzene rings is 2. The van der Waals surface area contributed by atoms with Crippen LogP contribution < -0.4 is 15.5 Å². The molecule has 4 amide bonds. The zero-order chi connectivity index (χ0) is 22.9. The Hall–Kier alpha value is -2.81. The maximum Gasteiger partial charge on any atom is 0.325 e. The van der Waals surface area contributed by atoms with Crippen molar-refractivity contribution in [1.29, 1.82) is 0 Å². The lowest BCUT2D eigenvalue weighted by atomic mass is 9.92. The van der Waals surface area contributed by atoms with Crippen molar-refractivity contribution in [3.8, 4) is 0 Å². The summed E-state index contributed by atoms with van der Waals surface area (Å²) in [4.78, 5) is 41.2. The first-order chi connectivity index (χ1) is 15.3. The van der Waals surface area contributed by atoms with E-state index in [4.69, 9.17) is 27.9 Å². The van der Waals surface area contributed by atoms with Gasteiger partial charge in [0, 0.05) is 40.1 Å². The third-order valence-electron chi connectivity index (χ3n) is 5.57. The zero-order valence-corrected chi connectivity index (χ0v) is 18.9. The van der Waals surface area contributed by atoms with Gasteiger partial charge in [-0.2, -0.15) is 0 Å². The number of anilines is 2. The van der Waals surface area contributed by atoms with Crippen LogP contribution >= 0.6 is 23.2 Å². The van der Waals surface area contributed by atoms with E-state index in [0.29, 0.717) is 29.5 Å². The van der Waals surface area contributed by atoms with Gasteiger partial charge in [-0.15, -0.1) is 0 Å². The molecule has 2 aromatic rings. The van der Waals surface area contributed by atoms with E-state index in [9.17, 15) is 14.4 Å². The first kappa shape index (κ1) is 22.4. The Balaban J connectivity index is 1.42. The Bertz CT molecular complexity index is 1060. The van der Waals surface area contributed by atoms with Gasteiger partial charge < -0.3 is 20.3 Å². The number of urea groups is 1. The number of ether oxygens (including phenoxy) is 1. The highest BCUT2D eigenvalue weighted by molar-refractivity contribution is 6.35. The van der Waals surface area contributed by atoms with Gasteiger partial charge in [-0.1, -0.05) is 29.3 Å². The number of hydrogen-bond donors (Lipinski definition) is 2. The molecule has 0 aromatic heterocycles. The van der Waals surface area contributed by atoms with Crippen LogP contribution in [0.5, 0.6) is 0 Å². The van der Waals surface area contributed by atoms with Gasteiger partial charge >= 0.3 is 6.03 Å². The monoisotopic (exact) mass is 476 g/mol. The maximum absolute atomic E-state index is 13.0. The molecule has 0 bridgehead atoms. The summed E-state index contributed by atoms with van der Waals surface area (Å²) in [6.07, 6.45) is 0. The summed E-state index contributed by atoms with van der Waals surface area (Å²) in [5.41, 5.74) is 0.626. The van der Waals surface area contributed by atoms with Crippen molar-refractivity contribution in [2.24, 2.45) is 0 Å². The number of nitrogens with one attached hydrogen (secondary N) is 2. The molecule has 1 unspecified atom stereocenters. The van der Waals surface area contributed by atoms with E-state index in [0.717, 1.165) is 23.7 Å². The minimum absolute atomic E-state index is 0.250. The van der Waals surface area contributed by atoms with Crippen LogP contribution in [0.1, 0.15) is 12.5 Å². The molecule has 2 saturated heterocycles. The standard InChI is InChI=1S/C22H22Cl2N4O4/c1-22(17-7-2-14(23)12-18(17)24)20(30)28(21(31)26-22)13-19(29)25-15-3-5-16(6-4-15)27-8-10-32-11-9-27/h2-7,12H,8-11,13H2,1H3,(H,25,29)(H,26,31). The van der Waals surface area contributed by atoms with Crippen molar-refractivity contribution in [2.45, 2.75) is 12.5 Å². The van der Waals surface area contributed by atoms with Crippen molar-refractivity contribution >= 4 is 52.4 Å². The molecule has 0 radical (unpaired) electrons. The third-order valence-corrected chi connectivity index (χ3v) is 6.12. The fraction of sp³-hybridized carbons (Fsp3) is 0.318. The molecule has 1 atom stereocenters. The summed E-state index contributed by atoms with van der Waals surface area (Å²) in [7, 11) is 0. The molecule has 2 N–H and O–H groups in total. The second-order valence-electron chi connectivity index (χ2n) is 7.77. The Labute approximate surface area is 195 Å². The van der Waals surface area contributed by atoms with Crippen LogP contribution in [0.3, 0.4) is 0 Å². The molecule has 10 heteroatoms. The fourth-order valence-electron chi connectivity index (χ4n) is 3.84. The van der Waals surface area contributed by atoms with Gasteiger partial charge in [0.25, 0.3) is 5.91 Å². The van der Waals surface area contributed by atoms with Crippen molar-refractivity contribution < 1.29 is 19.1 Å². The lowest BCUT2D eigenvalue weighted by molar-refractivity contribution is -0.133. The Morgan fingerprint density at radius 2 is 1.81 bits per heavy atom. The lowest BCUT2D eigenvalue weighted by Crippen LogP contribution is -2.42. The second-order valence-corrected chi connectivity index (χ2v) is 8.61. The number of hydrogen-bond acceptors (Lipinski definition) is 5. The molecule has 2 aromatic carbocycles. The van der Waals surface area contributed by atoms with Gasteiger partial charge in [-0.05, 0) is 43.3 Å². The second kappa shape index (κ2) is 8.97. The van der Waals surface area contributed by atoms with E-state index >= 15 is 0 Å². The Morgan fingerprint density at radius 1 is 1.12 bits per heavy atom. The molecule has 2 heterocycles. The summed E-state index contributed by atoms with van der Waals surface area (Å²) >= 11 is 12.2. The van der Waals surface area contributed by atoms with Crippen molar-refractivity contribution in [1.82, 2.24) is 10.2 Å². The minimum Gasteiger partial charge on any atom is -0.378 e. The summed E-state index contributed by atoms with van der Waals surface area (Å²) in [6.45, 7) is 4.12. The molecular weight excluding hydrogens is 455 g/mol. The van der Waals surface area contributed by atoms with E-state index in [2.05, 4.69) is 15.5 Å². The molecule has 8 nitrogen and oxygen atoms in total. The highest BCUT2D eigenvalue weighted by Gasteiger charge is 2.50. The molecule has 0 spiro atoms. The summed E-state index contributed by atoms with van der Waals surface area (Å²) < 4.78 is 5.36. The van der Waals surface area contributed by atoms with Crippen LogP contribution in [0.25, 0.3) is 0 Å². The Kier molecular flexibility index (Phi) is 6.28. The van der Waals surface area contributed by atoms with Crippen LogP contribution in [-0.2, 0) is 19.9 Å². The van der Waals surface area contributed by atoms with Crippen LogP contribution in [0.2, 0.25) is 10.0 Å². The van der Waals surface area contributed by atoms with Crippen LogP contribution in [0, 0.1) is 0 Å². The van der Waals surface area contributed by atoms with Gasteiger partial charge in [0.05, 0.1) is 13.2 Å². The quantitative estimate of drug-likeness (QED) is 0.646. The Morgan fingerprint density at radius 3 is 2.47 bits per heavy atom. The predicted molar refractivity (Wildman–Crippen MR) is 122 cm³/mol. The van der Waals surface area contributed by atoms with Gasteiger partial charge in [-0.25, -0.2) is 4.79 Å². The first-order valence-electron chi connectivity index (χ1n) is 10.1. The van der Waals surface area contributed by atoms with Crippen molar-refractivity contribution in [3.05, 3.63) is 58.1 Å². The summed E-state index contributed by atoms with van der Waals surface area (Å²) in [5.74, 6) is -1.05. The molecule has 32 heavy (non-hydrogen) atoms. The molecule has 0 aliphatic carbocycles. The van der Waals surface area contributed by atoms with E-state index in [-0.39, 0.29) is 5.02 Å². The van der Waals surface area contributed by atoms with Crippen LogP contribution in [0.4, 0.5) is 16.2 Å². The van der Waals surface area contributed by atoms with E-state index in [1.54, 1.807) is 31.2 Å². The number of halogens is 2. The molecule has 2 fully saturated rings. The number of nitrogens with zero attached hydrogens (tertiary/aromatic N) is 2. The number of carbonyl (C=O) groups excluding carboxylic acids is 3. The number of carbonyl (C=O) groups is 3. The molecule has 4 rings (SSSR count). The molecule has 168 valence electrons. The van der Waals surface area contributed by atoms with E-state index in [1.807, 2.05) is 12.1 Å². The molecule has 0 saturated carbocycles. The smallest absolute Gasteiger partial charge is 0.325 e. The van der Waals surface area contributed by atoms with E-state index in [1.165, 1.54) is 6.07 Å². The highest BCUT2D eigenvalue weighted by Crippen LogP contribution is 2.35. The van der Waals surface area contributed by atoms with Gasteiger partial charge in [0.1, 0.15) is 12.1 Å². The predicted octanol–water partition coefficient (Wildman–Crippen LogP) is 3.24. The lowest BCUT2D eigenvalue weighted by Gasteiger charge is -2.28. The van der Waals surface area contributed by atoms with E-state index < -0.39 is 29.9 Å². The zero-order valence-electron chi connectivity index (χ0n) is 17.4. The number of imide groups is 1. The summed E-state index contributed by atoms with van der Waals surface area (Å²) in [5, 5.41) is 6.02. The largest absolute Gasteiger partial charge is 0.378 e. The molecule has 2 aliphatic heterocycles. The maximum atomic E-state index is 13.0. The summed E-state index contributed by atoms with van der Waals surface area (Å²) in [6, 6.07) is 11.4. The third kappa shape index (κ3) is 4.39. The minimum atomic E-state index is -1.39. The van der Waals surface area contributed by atoms with Gasteiger partial charge in [-0.3, -0.25) is 14.5 Å². The topological polar surface area (TPSA) is 91.0 Å². The van der Waals surface area contributed by atoms with Crippen LogP contribution in [0.15, 0.2) is 42.5 Å². The van der Waals surface area contributed by atoms with Crippen molar-refractivity contribution in [3.63, 3.8) is 0 Å². The number of amides is 4. The molecule has 2 aliphatic rings. The SMILES string of the molecule is CC1(c2ccc(Cl)cc2Cl)NC(=O)N(CC(=O)Nc2ccc(N3CCOCC3)cc2)C1=O. The first-order valence-corrected chi connectivity index (χ1v) is 10.9. The number of rotatable bonds is 5. The number of morpholine rings is 1. The molecular formula is C22H22Cl2N4O4. The fourth-order valence-corrected chi connectivity index (χ4v) is 4.44. The highest BCUT2D eigenvalue weighted by atomic mass is 35.5. The average molecular weight is 477 g/mol. The van der Waals surface area contributed by atoms with Gasteiger partial charge in [0.2, 0.25) is 5.91 Å². The van der Waals surface area contributed by atoms with Crippen LogP contribution in [-0.4, -0.2) is 55.6 Å². The average Bonchev–Trinajstić information content (AvgIpc) is 2.98.